The fraction of sp³-hybridized carbons (Fsp3) is 0.100. The van der Waals surface area contributed by atoms with Crippen LogP contribution in [0, 0.1) is 5.82 Å². The van der Waals surface area contributed by atoms with Gasteiger partial charge in [-0.05, 0) is 35.0 Å². The maximum Gasteiger partial charge on any atom is 0.268 e. The van der Waals surface area contributed by atoms with Crippen molar-refractivity contribution >= 4 is 28.1 Å². The number of nitrogens with zero attached hydrogens (tertiary/aromatic N) is 1. The first kappa shape index (κ1) is 15.3. The van der Waals surface area contributed by atoms with Crippen molar-refractivity contribution in [3.8, 4) is 0 Å². The van der Waals surface area contributed by atoms with Crippen molar-refractivity contribution in [3.05, 3.63) is 78.1 Å². The molecule has 0 saturated heterocycles. The van der Waals surface area contributed by atoms with Gasteiger partial charge in [-0.25, -0.2) is 4.39 Å². The minimum absolute atomic E-state index is 0.273. The molecular weight excluding hydrogens is 319 g/mol. The summed E-state index contributed by atoms with van der Waals surface area (Å²) in [6.07, 6.45) is -0.409. The van der Waals surface area contributed by atoms with Gasteiger partial charge in [0.2, 0.25) is 6.10 Å². The number of hydrogen-bond donors (Lipinski definition) is 1. The molecule has 0 fully saturated rings. The Balaban J connectivity index is 1.45. The molecule has 3 aromatic carbocycles. The molecule has 0 radical (unpaired) electrons. The van der Waals surface area contributed by atoms with Gasteiger partial charge in [0.25, 0.3) is 5.91 Å². The molecule has 0 aromatic heterocycles. The second-order valence-corrected chi connectivity index (χ2v) is 5.90. The van der Waals surface area contributed by atoms with Crippen molar-refractivity contribution in [2.24, 2.45) is 5.16 Å². The second kappa shape index (κ2) is 6.36. The zero-order valence-corrected chi connectivity index (χ0v) is 13.3. The average Bonchev–Trinajstić information content (AvgIpc) is 3.12. The number of amides is 1. The molecule has 1 unspecified atom stereocenters. The fourth-order valence-electron chi connectivity index (χ4n) is 2.85. The molecule has 0 spiro atoms. The van der Waals surface area contributed by atoms with Gasteiger partial charge >= 0.3 is 0 Å². The predicted octanol–water partition coefficient (Wildman–Crippen LogP) is 4.11. The van der Waals surface area contributed by atoms with E-state index in [-0.39, 0.29) is 11.7 Å². The summed E-state index contributed by atoms with van der Waals surface area (Å²) in [7, 11) is 0. The third kappa shape index (κ3) is 3.21. The van der Waals surface area contributed by atoms with Crippen molar-refractivity contribution in [1.82, 2.24) is 0 Å². The van der Waals surface area contributed by atoms with E-state index in [9.17, 15) is 9.18 Å². The molecule has 1 N–H and O–H groups in total. The van der Waals surface area contributed by atoms with Gasteiger partial charge in [0.15, 0.2) is 0 Å². The Morgan fingerprint density at radius 1 is 1.04 bits per heavy atom. The molecule has 25 heavy (non-hydrogen) atoms. The van der Waals surface area contributed by atoms with Gasteiger partial charge in [0.05, 0.1) is 5.71 Å². The summed E-state index contributed by atoms with van der Waals surface area (Å²) in [6, 6.07) is 19.7. The molecule has 1 heterocycles. The third-order valence-corrected chi connectivity index (χ3v) is 4.14. The standard InChI is InChI=1S/C20H15FN2O2/c21-16-7-3-6-15(10-16)18-12-19(25-23-18)20(24)22-17-9-8-13-4-1-2-5-14(13)11-17/h1-11,19H,12H2,(H,22,24). The molecule has 4 nitrogen and oxygen atoms in total. The number of hydrogen-bond acceptors (Lipinski definition) is 3. The monoisotopic (exact) mass is 334 g/mol. The Hall–Kier alpha value is -3.21. The number of fused-ring (bicyclic) bond motifs is 1. The minimum Gasteiger partial charge on any atom is -0.382 e. The van der Waals surface area contributed by atoms with E-state index in [1.807, 2.05) is 42.5 Å². The highest BCUT2D eigenvalue weighted by atomic mass is 19.1. The van der Waals surface area contributed by atoms with E-state index in [0.29, 0.717) is 23.4 Å². The van der Waals surface area contributed by atoms with E-state index in [1.54, 1.807) is 12.1 Å². The Morgan fingerprint density at radius 2 is 1.88 bits per heavy atom. The normalized spacial score (nSPS) is 16.4. The lowest BCUT2D eigenvalue weighted by Crippen LogP contribution is -2.28. The number of nitrogens with one attached hydrogen (secondary N) is 1. The number of halogens is 1. The lowest BCUT2D eigenvalue weighted by Gasteiger charge is -2.10. The lowest BCUT2D eigenvalue weighted by atomic mass is 10.0. The third-order valence-electron chi connectivity index (χ3n) is 4.14. The number of anilines is 1. The maximum atomic E-state index is 13.3. The van der Waals surface area contributed by atoms with Gasteiger partial charge < -0.3 is 10.2 Å². The molecule has 1 aliphatic rings. The molecule has 1 amide bonds. The van der Waals surface area contributed by atoms with Crippen LogP contribution in [-0.2, 0) is 9.63 Å². The van der Waals surface area contributed by atoms with Crippen LogP contribution in [-0.4, -0.2) is 17.7 Å². The highest BCUT2D eigenvalue weighted by Crippen LogP contribution is 2.21. The predicted molar refractivity (Wildman–Crippen MR) is 95.0 cm³/mol. The van der Waals surface area contributed by atoms with Crippen molar-refractivity contribution in [2.45, 2.75) is 12.5 Å². The summed E-state index contributed by atoms with van der Waals surface area (Å²) >= 11 is 0. The van der Waals surface area contributed by atoms with E-state index in [4.69, 9.17) is 4.84 Å². The first-order valence-corrected chi connectivity index (χ1v) is 7.97. The summed E-state index contributed by atoms with van der Waals surface area (Å²) in [5.74, 6) is -0.616. The smallest absolute Gasteiger partial charge is 0.268 e. The van der Waals surface area contributed by atoms with Gasteiger partial charge in [-0.1, -0.05) is 47.6 Å². The van der Waals surface area contributed by atoms with Crippen LogP contribution in [0.1, 0.15) is 12.0 Å². The number of carbonyl (C=O) groups excluding carboxylic acids is 1. The van der Waals surface area contributed by atoms with Crippen LogP contribution in [0.15, 0.2) is 71.9 Å². The second-order valence-electron chi connectivity index (χ2n) is 5.90. The Morgan fingerprint density at radius 3 is 2.72 bits per heavy atom. The van der Waals surface area contributed by atoms with Crippen molar-refractivity contribution in [2.75, 3.05) is 5.32 Å². The zero-order chi connectivity index (χ0) is 17.2. The van der Waals surface area contributed by atoms with Gasteiger partial charge in [-0.15, -0.1) is 0 Å². The molecule has 0 saturated carbocycles. The Labute approximate surface area is 143 Å². The molecule has 4 rings (SSSR count). The van der Waals surface area contributed by atoms with Crippen LogP contribution in [0.4, 0.5) is 10.1 Å². The Bertz CT molecular complexity index is 984. The van der Waals surface area contributed by atoms with Crippen LogP contribution in [0.3, 0.4) is 0 Å². The largest absolute Gasteiger partial charge is 0.382 e. The van der Waals surface area contributed by atoms with Gasteiger partial charge in [0.1, 0.15) is 5.82 Å². The van der Waals surface area contributed by atoms with E-state index in [2.05, 4.69) is 10.5 Å². The quantitative estimate of drug-likeness (QED) is 0.783. The molecule has 3 aromatic rings. The van der Waals surface area contributed by atoms with Crippen molar-refractivity contribution in [1.29, 1.82) is 0 Å². The van der Waals surface area contributed by atoms with Crippen LogP contribution >= 0.6 is 0 Å². The Kier molecular flexibility index (Phi) is 3.90. The van der Waals surface area contributed by atoms with Gasteiger partial charge in [-0.3, -0.25) is 4.79 Å². The summed E-state index contributed by atoms with van der Waals surface area (Å²) in [5.41, 5.74) is 1.89. The molecule has 0 bridgehead atoms. The minimum atomic E-state index is -0.718. The molecule has 1 aliphatic heterocycles. The van der Waals surface area contributed by atoms with E-state index in [1.165, 1.54) is 12.1 Å². The van der Waals surface area contributed by atoms with Crippen LogP contribution in [0.25, 0.3) is 10.8 Å². The molecule has 5 heteroatoms. The highest BCUT2D eigenvalue weighted by Gasteiger charge is 2.29. The maximum absolute atomic E-state index is 13.3. The highest BCUT2D eigenvalue weighted by molar-refractivity contribution is 6.06. The van der Waals surface area contributed by atoms with Crippen LogP contribution in [0.2, 0.25) is 0 Å². The molecule has 124 valence electrons. The summed E-state index contributed by atoms with van der Waals surface area (Å²) in [4.78, 5) is 17.6. The summed E-state index contributed by atoms with van der Waals surface area (Å²) < 4.78 is 13.3. The topological polar surface area (TPSA) is 50.7 Å². The molecule has 1 atom stereocenters. The van der Waals surface area contributed by atoms with E-state index < -0.39 is 6.10 Å². The van der Waals surface area contributed by atoms with Crippen LogP contribution in [0.5, 0.6) is 0 Å². The first-order valence-electron chi connectivity index (χ1n) is 7.97. The number of carbonyl (C=O) groups is 1. The summed E-state index contributed by atoms with van der Waals surface area (Å²) in [6.45, 7) is 0. The zero-order valence-electron chi connectivity index (χ0n) is 13.3. The van der Waals surface area contributed by atoms with Crippen molar-refractivity contribution < 1.29 is 14.0 Å². The van der Waals surface area contributed by atoms with E-state index in [0.717, 1.165) is 10.8 Å². The summed E-state index contributed by atoms with van der Waals surface area (Å²) in [5, 5.41) is 8.93. The number of oxime groups is 1. The van der Waals surface area contributed by atoms with E-state index >= 15 is 0 Å². The van der Waals surface area contributed by atoms with Crippen LogP contribution < -0.4 is 5.32 Å². The number of benzene rings is 3. The molecular formula is C20H15FN2O2. The average molecular weight is 334 g/mol. The molecule has 0 aliphatic carbocycles. The van der Waals surface area contributed by atoms with Crippen molar-refractivity contribution in [3.63, 3.8) is 0 Å². The van der Waals surface area contributed by atoms with Gasteiger partial charge in [0, 0.05) is 17.7 Å². The first-order chi connectivity index (χ1) is 12.2. The lowest BCUT2D eigenvalue weighted by molar-refractivity contribution is -0.125. The fourth-order valence-corrected chi connectivity index (χ4v) is 2.85. The van der Waals surface area contributed by atoms with Gasteiger partial charge in [-0.2, -0.15) is 0 Å². The SMILES string of the molecule is O=C(Nc1ccc2ccccc2c1)C1CC(c2cccc(F)c2)=NO1. The number of rotatable bonds is 3.